The Bertz CT molecular complexity index is 838. The lowest BCUT2D eigenvalue weighted by molar-refractivity contribution is 0.102. The van der Waals surface area contributed by atoms with E-state index in [0.717, 1.165) is 31.2 Å². The van der Waals surface area contributed by atoms with Crippen LogP contribution in [-0.2, 0) is 12.8 Å². The molecular formula is C18H16Cl2N2OS. The highest BCUT2D eigenvalue weighted by Gasteiger charge is 2.26. The van der Waals surface area contributed by atoms with Gasteiger partial charge in [0.2, 0.25) is 0 Å². The smallest absolute Gasteiger partial charge is 0.257 e. The summed E-state index contributed by atoms with van der Waals surface area (Å²) in [5.41, 5.74) is 2.00. The van der Waals surface area contributed by atoms with E-state index in [2.05, 4.69) is 18.3 Å². The van der Waals surface area contributed by atoms with Crippen LogP contribution in [0.4, 0.5) is 5.00 Å². The highest BCUT2D eigenvalue weighted by Crippen LogP contribution is 2.40. The van der Waals surface area contributed by atoms with Crippen LogP contribution in [0.5, 0.6) is 0 Å². The van der Waals surface area contributed by atoms with Crippen molar-refractivity contribution in [1.82, 2.24) is 0 Å². The van der Waals surface area contributed by atoms with E-state index in [1.54, 1.807) is 12.1 Å². The SMILES string of the molecule is CC[C@@H]1CCc2c(sc(NC(=O)c3cc(Cl)ccc3Cl)c2C#N)C1. The molecule has 1 heterocycles. The zero-order chi connectivity index (χ0) is 17.3. The van der Waals surface area contributed by atoms with Gasteiger partial charge in [0.15, 0.2) is 0 Å². The number of hydrogen-bond acceptors (Lipinski definition) is 3. The van der Waals surface area contributed by atoms with Crippen molar-refractivity contribution >= 4 is 45.4 Å². The molecular weight excluding hydrogens is 363 g/mol. The van der Waals surface area contributed by atoms with Crippen LogP contribution in [0.25, 0.3) is 0 Å². The molecule has 0 spiro atoms. The molecule has 0 bridgehead atoms. The van der Waals surface area contributed by atoms with Gasteiger partial charge in [-0.15, -0.1) is 11.3 Å². The molecule has 3 nitrogen and oxygen atoms in total. The Kier molecular flexibility index (Phi) is 5.15. The van der Waals surface area contributed by atoms with Gasteiger partial charge in [-0.05, 0) is 48.9 Å². The molecule has 6 heteroatoms. The fourth-order valence-electron chi connectivity index (χ4n) is 3.05. The molecule has 3 rings (SSSR count). The third kappa shape index (κ3) is 3.30. The molecule has 1 aromatic heterocycles. The van der Waals surface area contributed by atoms with E-state index in [0.29, 0.717) is 32.1 Å². The van der Waals surface area contributed by atoms with Crippen molar-refractivity contribution in [2.75, 3.05) is 5.32 Å². The fraction of sp³-hybridized carbons (Fsp3) is 0.333. The number of halogens is 2. The highest BCUT2D eigenvalue weighted by molar-refractivity contribution is 7.16. The van der Waals surface area contributed by atoms with Gasteiger partial charge >= 0.3 is 0 Å². The molecule has 124 valence electrons. The molecule has 1 atom stereocenters. The number of rotatable bonds is 3. The Balaban J connectivity index is 1.91. The Morgan fingerprint density at radius 1 is 1.46 bits per heavy atom. The van der Waals surface area contributed by atoms with Crippen molar-refractivity contribution in [2.45, 2.75) is 32.6 Å². The molecule has 1 aromatic carbocycles. The highest BCUT2D eigenvalue weighted by atomic mass is 35.5. The van der Waals surface area contributed by atoms with Crippen molar-refractivity contribution in [3.05, 3.63) is 49.8 Å². The number of nitriles is 1. The lowest BCUT2D eigenvalue weighted by atomic mass is 9.86. The molecule has 0 fully saturated rings. The molecule has 0 unspecified atom stereocenters. The quantitative estimate of drug-likeness (QED) is 0.744. The van der Waals surface area contributed by atoms with E-state index in [-0.39, 0.29) is 5.91 Å². The Morgan fingerprint density at radius 3 is 2.96 bits per heavy atom. The van der Waals surface area contributed by atoms with Gasteiger partial charge in [0, 0.05) is 9.90 Å². The number of carbonyl (C=O) groups excluding carboxylic acids is 1. The second-order valence-corrected chi connectivity index (χ2v) is 7.86. The first-order valence-electron chi connectivity index (χ1n) is 7.84. The lowest BCUT2D eigenvalue weighted by Gasteiger charge is -2.20. The summed E-state index contributed by atoms with van der Waals surface area (Å²) in [7, 11) is 0. The fourth-order valence-corrected chi connectivity index (χ4v) is 4.73. The average molecular weight is 379 g/mol. The van der Waals surface area contributed by atoms with Gasteiger partial charge < -0.3 is 5.32 Å². The molecule has 0 aliphatic heterocycles. The van der Waals surface area contributed by atoms with Crippen LogP contribution in [0, 0.1) is 17.2 Å². The molecule has 0 radical (unpaired) electrons. The van der Waals surface area contributed by atoms with E-state index in [1.165, 1.54) is 22.3 Å². The summed E-state index contributed by atoms with van der Waals surface area (Å²) in [4.78, 5) is 13.8. The standard InChI is InChI=1S/C18H16Cl2N2OS/c1-2-10-3-5-12-14(9-21)18(24-16(12)7-10)22-17(23)13-8-11(19)4-6-15(13)20/h4,6,8,10H,2-3,5,7H2,1H3,(H,22,23)/t10-/m1/s1. The average Bonchev–Trinajstić information content (AvgIpc) is 2.92. The van der Waals surface area contributed by atoms with Crippen LogP contribution in [-0.4, -0.2) is 5.91 Å². The van der Waals surface area contributed by atoms with Crippen molar-refractivity contribution < 1.29 is 4.79 Å². The maximum atomic E-state index is 12.5. The number of hydrogen-bond donors (Lipinski definition) is 1. The van der Waals surface area contributed by atoms with Gasteiger partial charge in [-0.1, -0.05) is 36.5 Å². The van der Waals surface area contributed by atoms with Crippen LogP contribution in [0.15, 0.2) is 18.2 Å². The number of anilines is 1. The number of fused-ring (bicyclic) bond motifs is 1. The van der Waals surface area contributed by atoms with Crippen molar-refractivity contribution in [1.29, 1.82) is 5.26 Å². The maximum Gasteiger partial charge on any atom is 0.257 e. The number of benzene rings is 1. The van der Waals surface area contributed by atoms with Gasteiger partial charge in [-0.3, -0.25) is 4.79 Å². The Labute approximate surface area is 155 Å². The summed E-state index contributed by atoms with van der Waals surface area (Å²) in [6.07, 6.45) is 4.13. The first-order valence-corrected chi connectivity index (χ1v) is 9.41. The maximum absolute atomic E-state index is 12.5. The van der Waals surface area contributed by atoms with E-state index in [4.69, 9.17) is 23.2 Å². The van der Waals surface area contributed by atoms with Crippen molar-refractivity contribution in [3.63, 3.8) is 0 Å². The van der Waals surface area contributed by atoms with Gasteiger partial charge in [0.1, 0.15) is 11.1 Å². The third-order valence-electron chi connectivity index (χ3n) is 4.46. The molecule has 0 saturated carbocycles. The number of amides is 1. The Hall–Kier alpha value is -1.54. The largest absolute Gasteiger partial charge is 0.312 e. The molecule has 0 saturated heterocycles. The van der Waals surface area contributed by atoms with Crippen LogP contribution >= 0.6 is 34.5 Å². The van der Waals surface area contributed by atoms with Crippen molar-refractivity contribution in [2.24, 2.45) is 5.92 Å². The molecule has 1 N–H and O–H groups in total. The zero-order valence-electron chi connectivity index (χ0n) is 13.2. The second-order valence-electron chi connectivity index (χ2n) is 5.92. The molecule has 1 aliphatic rings. The molecule has 1 amide bonds. The van der Waals surface area contributed by atoms with E-state index in [1.807, 2.05) is 0 Å². The van der Waals surface area contributed by atoms with E-state index < -0.39 is 0 Å². The summed E-state index contributed by atoms with van der Waals surface area (Å²) in [5, 5.41) is 13.8. The summed E-state index contributed by atoms with van der Waals surface area (Å²) < 4.78 is 0. The van der Waals surface area contributed by atoms with Gasteiger partial charge in [0.25, 0.3) is 5.91 Å². The van der Waals surface area contributed by atoms with Crippen LogP contribution in [0.2, 0.25) is 10.0 Å². The second kappa shape index (κ2) is 7.14. The third-order valence-corrected chi connectivity index (χ3v) is 6.19. The molecule has 2 aromatic rings. The molecule has 24 heavy (non-hydrogen) atoms. The summed E-state index contributed by atoms with van der Waals surface area (Å²) in [6.45, 7) is 2.19. The first kappa shape index (κ1) is 17.3. The summed E-state index contributed by atoms with van der Waals surface area (Å²) >= 11 is 13.5. The predicted molar refractivity (Wildman–Crippen MR) is 99.3 cm³/mol. The summed E-state index contributed by atoms with van der Waals surface area (Å²) in [5.74, 6) is 0.318. The Morgan fingerprint density at radius 2 is 2.25 bits per heavy atom. The zero-order valence-corrected chi connectivity index (χ0v) is 15.5. The van der Waals surface area contributed by atoms with E-state index >= 15 is 0 Å². The minimum atomic E-state index is -0.343. The van der Waals surface area contributed by atoms with Gasteiger partial charge in [-0.2, -0.15) is 5.26 Å². The first-order chi connectivity index (χ1) is 11.5. The van der Waals surface area contributed by atoms with E-state index in [9.17, 15) is 10.1 Å². The minimum absolute atomic E-state index is 0.311. The topological polar surface area (TPSA) is 52.9 Å². The predicted octanol–water partition coefficient (Wildman–Crippen LogP) is 5.69. The van der Waals surface area contributed by atoms with Gasteiger partial charge in [-0.25, -0.2) is 0 Å². The number of carbonyl (C=O) groups is 1. The number of nitrogens with zero attached hydrogens (tertiary/aromatic N) is 1. The van der Waals surface area contributed by atoms with Crippen LogP contribution < -0.4 is 5.32 Å². The number of thiophene rings is 1. The van der Waals surface area contributed by atoms with Crippen LogP contribution in [0.1, 0.15) is 46.1 Å². The van der Waals surface area contributed by atoms with Crippen LogP contribution in [0.3, 0.4) is 0 Å². The summed E-state index contributed by atoms with van der Waals surface area (Å²) in [6, 6.07) is 7.02. The van der Waals surface area contributed by atoms with Crippen molar-refractivity contribution in [3.8, 4) is 6.07 Å². The monoisotopic (exact) mass is 378 g/mol. The molecule has 1 aliphatic carbocycles. The van der Waals surface area contributed by atoms with Gasteiger partial charge in [0.05, 0.1) is 16.1 Å². The normalized spacial score (nSPS) is 16.3. The minimum Gasteiger partial charge on any atom is -0.312 e. The lowest BCUT2D eigenvalue weighted by Crippen LogP contribution is -2.13. The number of nitrogens with one attached hydrogen (secondary N) is 1.